The average Bonchev–Trinajstić information content (AvgIpc) is 3.64. The maximum Gasteiger partial charge on any atom is 0.260 e. The van der Waals surface area contributed by atoms with Crippen LogP contribution in [0.4, 0.5) is 0 Å². The zero-order chi connectivity index (χ0) is 38.9. The quantitative estimate of drug-likeness (QED) is 0.125. The SMILES string of the molecule is c1ccc([Si](c2ccccc2)(c2ccccc2)c2ccccc2-c2cc3c4c(c2-n2c5ccccc5c5ccccc52)Oc2ccccc2B4c2ccccc2O3)cc1. The molecule has 3 nitrogen and oxygen atoms in total. The molecule has 10 aromatic rings. The van der Waals surface area contributed by atoms with Crippen LogP contribution in [-0.2, 0) is 0 Å². The van der Waals surface area contributed by atoms with Gasteiger partial charge in [-0.3, -0.25) is 0 Å². The summed E-state index contributed by atoms with van der Waals surface area (Å²) in [5.41, 5.74) is 8.79. The lowest BCUT2D eigenvalue weighted by atomic mass is 9.34. The number of hydrogen-bond acceptors (Lipinski definition) is 2. The van der Waals surface area contributed by atoms with Gasteiger partial charge in [0.2, 0.25) is 0 Å². The fourth-order valence-corrected chi connectivity index (χ4v) is 15.1. The van der Waals surface area contributed by atoms with E-state index in [-0.39, 0.29) is 6.71 Å². The number of para-hydroxylation sites is 4. The highest BCUT2D eigenvalue weighted by molar-refractivity contribution is 7.20. The van der Waals surface area contributed by atoms with Crippen LogP contribution in [0.3, 0.4) is 0 Å². The van der Waals surface area contributed by atoms with Gasteiger partial charge in [0.25, 0.3) is 6.71 Å². The monoisotopic (exact) mass is 769 g/mol. The smallest absolute Gasteiger partial charge is 0.260 e. The molecule has 2 aliphatic heterocycles. The summed E-state index contributed by atoms with van der Waals surface area (Å²) in [6.45, 7) is -0.0718. The molecule has 1 aromatic heterocycles. The van der Waals surface area contributed by atoms with Crippen LogP contribution in [0.2, 0.25) is 0 Å². The van der Waals surface area contributed by atoms with Crippen LogP contribution in [-0.4, -0.2) is 19.4 Å². The van der Waals surface area contributed by atoms with E-state index in [1.807, 2.05) is 0 Å². The normalized spacial score (nSPS) is 12.6. The van der Waals surface area contributed by atoms with E-state index in [0.29, 0.717) is 0 Å². The van der Waals surface area contributed by atoms with Gasteiger partial charge in [0.05, 0.1) is 16.7 Å². The van der Waals surface area contributed by atoms with E-state index in [1.165, 1.54) is 31.5 Å². The zero-order valence-electron chi connectivity index (χ0n) is 32.1. The number of aromatic nitrogens is 1. The van der Waals surface area contributed by atoms with Crippen molar-refractivity contribution in [2.45, 2.75) is 0 Å². The van der Waals surface area contributed by atoms with Crippen LogP contribution in [0.1, 0.15) is 0 Å². The number of rotatable bonds is 6. The largest absolute Gasteiger partial charge is 0.458 e. The molecule has 0 N–H and O–H groups in total. The van der Waals surface area contributed by atoms with Crippen LogP contribution in [0.5, 0.6) is 23.0 Å². The summed E-state index contributed by atoms with van der Waals surface area (Å²) in [6, 6.07) is 79.5. The molecule has 0 fully saturated rings. The van der Waals surface area contributed by atoms with Gasteiger partial charge in [-0.2, -0.15) is 0 Å². The second kappa shape index (κ2) is 13.4. The molecule has 276 valence electrons. The molecule has 0 radical (unpaired) electrons. The molecule has 5 heteroatoms. The van der Waals surface area contributed by atoms with Crippen molar-refractivity contribution in [1.29, 1.82) is 0 Å². The Labute approximate surface area is 344 Å². The minimum Gasteiger partial charge on any atom is -0.458 e. The van der Waals surface area contributed by atoms with Gasteiger partial charge in [-0.05, 0) is 67.6 Å². The minimum atomic E-state index is -3.01. The molecule has 0 amide bonds. The number of ether oxygens (including phenoxy) is 2. The number of fused-ring (bicyclic) bond motifs is 7. The summed E-state index contributed by atoms with van der Waals surface area (Å²) in [4.78, 5) is 0. The van der Waals surface area contributed by atoms with Gasteiger partial charge in [0.15, 0.2) is 13.8 Å². The molecule has 2 aliphatic rings. The van der Waals surface area contributed by atoms with Crippen molar-refractivity contribution in [3.63, 3.8) is 0 Å². The minimum absolute atomic E-state index is 0.0718. The lowest BCUT2D eigenvalue weighted by molar-refractivity contribution is 0.463. The Morgan fingerprint density at radius 1 is 0.390 bits per heavy atom. The third-order valence-corrected chi connectivity index (χ3v) is 17.3. The molecule has 59 heavy (non-hydrogen) atoms. The molecular formula is C54H36BNO2Si. The third-order valence-electron chi connectivity index (χ3n) is 12.5. The Balaban J connectivity index is 1.27. The van der Waals surface area contributed by atoms with Crippen molar-refractivity contribution in [3.05, 3.63) is 218 Å². The van der Waals surface area contributed by atoms with Gasteiger partial charge in [-0.1, -0.05) is 188 Å². The highest BCUT2D eigenvalue weighted by atomic mass is 28.3. The van der Waals surface area contributed by atoms with E-state index in [0.717, 1.165) is 67.2 Å². The summed E-state index contributed by atoms with van der Waals surface area (Å²) in [6.07, 6.45) is 0. The average molecular weight is 770 g/mol. The summed E-state index contributed by atoms with van der Waals surface area (Å²) in [5.74, 6) is 3.38. The van der Waals surface area contributed by atoms with Crippen molar-refractivity contribution in [2.75, 3.05) is 0 Å². The van der Waals surface area contributed by atoms with Crippen molar-refractivity contribution in [3.8, 4) is 39.8 Å². The number of nitrogens with zero attached hydrogens (tertiary/aromatic N) is 1. The van der Waals surface area contributed by atoms with Crippen molar-refractivity contribution < 1.29 is 9.47 Å². The van der Waals surface area contributed by atoms with E-state index >= 15 is 0 Å². The van der Waals surface area contributed by atoms with E-state index in [9.17, 15) is 0 Å². The highest BCUT2D eigenvalue weighted by Crippen LogP contribution is 2.46. The number of hydrogen-bond donors (Lipinski definition) is 0. The van der Waals surface area contributed by atoms with Crippen molar-refractivity contribution in [1.82, 2.24) is 4.57 Å². The predicted molar refractivity (Wildman–Crippen MR) is 248 cm³/mol. The molecule has 0 saturated heterocycles. The molecule has 0 atom stereocenters. The molecule has 0 bridgehead atoms. The van der Waals surface area contributed by atoms with Gasteiger partial charge in [-0.25, -0.2) is 0 Å². The maximum atomic E-state index is 7.34. The van der Waals surface area contributed by atoms with Crippen molar-refractivity contribution >= 4 is 73.7 Å². The molecule has 0 aliphatic carbocycles. The summed E-state index contributed by atoms with van der Waals surface area (Å²) in [7, 11) is -3.01. The zero-order valence-corrected chi connectivity index (χ0v) is 33.1. The fraction of sp³-hybridized carbons (Fsp3) is 0. The van der Waals surface area contributed by atoms with Gasteiger partial charge in [0, 0.05) is 21.8 Å². The Hall–Kier alpha value is -7.34. The van der Waals surface area contributed by atoms with Gasteiger partial charge < -0.3 is 14.0 Å². The fourth-order valence-electron chi connectivity index (χ4n) is 10.1. The summed E-state index contributed by atoms with van der Waals surface area (Å²) >= 11 is 0. The lowest BCUT2D eigenvalue weighted by Gasteiger charge is -2.37. The molecular weight excluding hydrogens is 733 g/mol. The van der Waals surface area contributed by atoms with Crippen LogP contribution in [0.15, 0.2) is 218 Å². The molecule has 0 saturated carbocycles. The molecule has 3 heterocycles. The van der Waals surface area contributed by atoms with E-state index in [2.05, 4.69) is 223 Å². The molecule has 9 aromatic carbocycles. The standard InChI is InChI=1S/C54H36BNO2Si/c1-4-20-37(21-5-1)59(38-22-6-2-7-23-38,39-24-8-3-9-25-39)51-35-19-12-28-42(51)43-36-50-52-54(53(43)56-46-31-15-10-26-40(46)41-27-11-16-32-47(41)56)58-49-34-18-14-30-45(49)55(52)44-29-13-17-33-48(44)57-50/h1-36H. The van der Waals surface area contributed by atoms with E-state index in [4.69, 9.17) is 9.47 Å². The Morgan fingerprint density at radius 3 is 1.42 bits per heavy atom. The van der Waals surface area contributed by atoms with Crippen LogP contribution < -0.4 is 46.6 Å². The van der Waals surface area contributed by atoms with Crippen LogP contribution >= 0.6 is 0 Å². The van der Waals surface area contributed by atoms with Gasteiger partial charge >= 0.3 is 0 Å². The van der Waals surface area contributed by atoms with Crippen LogP contribution in [0.25, 0.3) is 38.6 Å². The Bertz CT molecular complexity index is 3070. The Morgan fingerprint density at radius 2 is 0.847 bits per heavy atom. The molecule has 0 spiro atoms. The van der Waals surface area contributed by atoms with Gasteiger partial charge in [0.1, 0.15) is 17.2 Å². The first-order valence-corrected chi connectivity index (χ1v) is 22.3. The first kappa shape index (κ1) is 33.8. The number of benzene rings is 9. The van der Waals surface area contributed by atoms with E-state index in [1.54, 1.807) is 0 Å². The maximum absolute atomic E-state index is 7.34. The summed E-state index contributed by atoms with van der Waals surface area (Å²) in [5, 5.41) is 7.64. The topological polar surface area (TPSA) is 23.4 Å². The molecule has 0 unspecified atom stereocenters. The second-order valence-electron chi connectivity index (χ2n) is 15.5. The first-order chi connectivity index (χ1) is 29.3. The molecule has 12 rings (SSSR count). The second-order valence-corrected chi connectivity index (χ2v) is 19.3. The van der Waals surface area contributed by atoms with Crippen molar-refractivity contribution in [2.24, 2.45) is 0 Å². The van der Waals surface area contributed by atoms with E-state index < -0.39 is 8.07 Å². The highest BCUT2D eigenvalue weighted by Gasteiger charge is 2.46. The lowest BCUT2D eigenvalue weighted by Crippen LogP contribution is -2.75. The Kier molecular flexibility index (Phi) is 7.65. The summed E-state index contributed by atoms with van der Waals surface area (Å²) < 4.78 is 16.8. The van der Waals surface area contributed by atoms with Gasteiger partial charge in [-0.15, -0.1) is 0 Å². The first-order valence-electron chi connectivity index (χ1n) is 20.3. The van der Waals surface area contributed by atoms with Crippen LogP contribution in [0, 0.1) is 0 Å². The third kappa shape index (κ3) is 4.95. The predicted octanol–water partition coefficient (Wildman–Crippen LogP) is 8.56.